The summed E-state index contributed by atoms with van der Waals surface area (Å²) in [5.74, 6) is 1.82. The number of fused-ring (bicyclic) bond motifs is 9. The summed E-state index contributed by atoms with van der Waals surface area (Å²) in [6.45, 7) is 0. The van der Waals surface area contributed by atoms with Gasteiger partial charge in [0.1, 0.15) is 5.58 Å². The van der Waals surface area contributed by atoms with Gasteiger partial charge in [-0.2, -0.15) is 0 Å². The third kappa shape index (κ3) is 5.73. The van der Waals surface area contributed by atoms with Gasteiger partial charge in [0.15, 0.2) is 23.1 Å². The SMILES string of the molecule is c1ccc(-c2ccc3c(c2)c2ccccc2n3-c2cccc3c2oc2cccc(-c4nc(-c5ccccc5)nc(-c5ccc6c(c5)sc5cccc(-c7ccccc7)c56)n4)c23)cc1. The van der Waals surface area contributed by atoms with Crippen molar-refractivity contribution < 1.29 is 4.42 Å². The monoisotopic (exact) mass is 822 g/mol. The van der Waals surface area contributed by atoms with Crippen molar-refractivity contribution in [1.82, 2.24) is 19.5 Å². The van der Waals surface area contributed by atoms with E-state index in [1.165, 1.54) is 53.2 Å². The molecule has 0 bridgehead atoms. The van der Waals surface area contributed by atoms with Crippen molar-refractivity contribution in [1.29, 1.82) is 0 Å². The van der Waals surface area contributed by atoms with Gasteiger partial charge in [0.05, 0.1) is 16.7 Å². The van der Waals surface area contributed by atoms with Crippen molar-refractivity contribution in [3.05, 3.63) is 206 Å². The van der Waals surface area contributed by atoms with Crippen LogP contribution < -0.4 is 0 Å². The van der Waals surface area contributed by atoms with E-state index in [0.717, 1.165) is 55.3 Å². The highest BCUT2D eigenvalue weighted by molar-refractivity contribution is 7.26. The summed E-state index contributed by atoms with van der Waals surface area (Å²) in [5, 5.41) is 6.83. The Kier molecular flexibility index (Phi) is 8.01. The van der Waals surface area contributed by atoms with Gasteiger partial charge in [0, 0.05) is 58.4 Å². The van der Waals surface area contributed by atoms with Crippen LogP contribution in [0.2, 0.25) is 0 Å². The highest BCUT2D eigenvalue weighted by Gasteiger charge is 2.22. The van der Waals surface area contributed by atoms with E-state index in [1.54, 1.807) is 11.3 Å². The Morgan fingerprint density at radius 2 is 1.00 bits per heavy atom. The fourth-order valence-corrected chi connectivity index (χ4v) is 10.6. The zero-order valence-corrected chi connectivity index (χ0v) is 34.6. The van der Waals surface area contributed by atoms with E-state index in [1.807, 2.05) is 30.3 Å². The molecule has 0 saturated carbocycles. The van der Waals surface area contributed by atoms with Crippen LogP contribution in [0.25, 0.3) is 126 Å². The van der Waals surface area contributed by atoms with Gasteiger partial charge in [-0.1, -0.05) is 164 Å². The zero-order chi connectivity index (χ0) is 41.4. The average molecular weight is 823 g/mol. The molecular weight excluding hydrogens is 789 g/mol. The molecule has 0 aliphatic rings. The van der Waals surface area contributed by atoms with Crippen molar-refractivity contribution in [3.8, 4) is 62.1 Å². The maximum Gasteiger partial charge on any atom is 0.164 e. The van der Waals surface area contributed by atoms with Gasteiger partial charge in [-0.15, -0.1) is 11.3 Å². The number of nitrogens with zero attached hydrogens (tertiary/aromatic N) is 4. The second kappa shape index (κ2) is 14.2. The Morgan fingerprint density at radius 3 is 1.83 bits per heavy atom. The second-order valence-corrected chi connectivity index (χ2v) is 17.0. The summed E-state index contributed by atoms with van der Waals surface area (Å²) < 4.78 is 11.7. The molecule has 9 aromatic carbocycles. The van der Waals surface area contributed by atoms with Crippen molar-refractivity contribution >= 4 is 75.3 Å². The molecule has 0 radical (unpaired) electrons. The van der Waals surface area contributed by atoms with Crippen LogP contribution in [0.15, 0.2) is 211 Å². The predicted octanol–water partition coefficient (Wildman–Crippen LogP) is 15.6. The van der Waals surface area contributed by atoms with E-state index in [2.05, 4.69) is 180 Å². The minimum atomic E-state index is 0.589. The first-order valence-corrected chi connectivity index (χ1v) is 21.9. The number of thiophene rings is 1. The van der Waals surface area contributed by atoms with Crippen molar-refractivity contribution in [3.63, 3.8) is 0 Å². The van der Waals surface area contributed by atoms with E-state index in [0.29, 0.717) is 17.5 Å². The highest BCUT2D eigenvalue weighted by atomic mass is 32.1. The fraction of sp³-hybridized carbons (Fsp3) is 0. The quantitative estimate of drug-likeness (QED) is 0.168. The van der Waals surface area contributed by atoms with Gasteiger partial charge < -0.3 is 8.98 Å². The van der Waals surface area contributed by atoms with Crippen LogP contribution >= 0.6 is 11.3 Å². The molecule has 0 amide bonds. The molecule has 0 aliphatic carbocycles. The lowest BCUT2D eigenvalue weighted by Crippen LogP contribution is -2.00. The summed E-state index contributed by atoms with van der Waals surface area (Å²) >= 11 is 1.80. The minimum Gasteiger partial charge on any atom is -0.454 e. The topological polar surface area (TPSA) is 56.7 Å². The fourth-order valence-electron chi connectivity index (χ4n) is 9.40. The smallest absolute Gasteiger partial charge is 0.164 e. The van der Waals surface area contributed by atoms with Gasteiger partial charge in [-0.3, -0.25) is 0 Å². The lowest BCUT2D eigenvalue weighted by molar-refractivity contribution is 0.666. The molecule has 0 unspecified atom stereocenters. The molecule has 294 valence electrons. The summed E-state index contributed by atoms with van der Waals surface area (Å²) in [6.07, 6.45) is 0. The Bertz CT molecular complexity index is 3910. The number of rotatable bonds is 6. The van der Waals surface area contributed by atoms with Crippen LogP contribution in [0.1, 0.15) is 0 Å². The maximum absolute atomic E-state index is 6.92. The van der Waals surface area contributed by atoms with Crippen LogP contribution in [0.5, 0.6) is 0 Å². The molecule has 4 aromatic heterocycles. The molecule has 0 fully saturated rings. The summed E-state index contributed by atoms with van der Waals surface area (Å²) in [6, 6.07) is 72.5. The van der Waals surface area contributed by atoms with Crippen LogP contribution in [0.4, 0.5) is 0 Å². The summed E-state index contributed by atoms with van der Waals surface area (Å²) in [4.78, 5) is 15.6. The first-order valence-electron chi connectivity index (χ1n) is 21.1. The van der Waals surface area contributed by atoms with Crippen molar-refractivity contribution in [2.24, 2.45) is 0 Å². The third-order valence-electron chi connectivity index (χ3n) is 12.3. The number of hydrogen-bond acceptors (Lipinski definition) is 5. The minimum absolute atomic E-state index is 0.589. The van der Waals surface area contributed by atoms with E-state index < -0.39 is 0 Å². The normalized spacial score (nSPS) is 11.8. The molecule has 13 rings (SSSR count). The largest absolute Gasteiger partial charge is 0.454 e. The van der Waals surface area contributed by atoms with E-state index in [9.17, 15) is 0 Å². The van der Waals surface area contributed by atoms with Crippen LogP contribution in [0, 0.1) is 0 Å². The molecule has 63 heavy (non-hydrogen) atoms. The molecular formula is C57H34N4OS. The zero-order valence-electron chi connectivity index (χ0n) is 33.7. The summed E-state index contributed by atoms with van der Waals surface area (Å²) in [5.41, 5.74) is 12.3. The van der Waals surface area contributed by atoms with Crippen LogP contribution in [-0.2, 0) is 0 Å². The summed E-state index contributed by atoms with van der Waals surface area (Å²) in [7, 11) is 0. The Hall–Kier alpha value is -8.19. The molecule has 0 saturated heterocycles. The second-order valence-electron chi connectivity index (χ2n) is 15.9. The van der Waals surface area contributed by atoms with Gasteiger partial charge >= 0.3 is 0 Å². The van der Waals surface area contributed by atoms with Gasteiger partial charge in [0.2, 0.25) is 0 Å². The molecule has 0 atom stereocenters. The predicted molar refractivity (Wildman–Crippen MR) is 262 cm³/mol. The number of hydrogen-bond donors (Lipinski definition) is 0. The van der Waals surface area contributed by atoms with Crippen molar-refractivity contribution in [2.45, 2.75) is 0 Å². The van der Waals surface area contributed by atoms with E-state index in [-0.39, 0.29) is 0 Å². The Balaban J connectivity index is 0.995. The maximum atomic E-state index is 6.92. The molecule has 5 nitrogen and oxygen atoms in total. The standard InChI is InChI=1S/C57H34N4OS/c1-4-15-35(16-5-1)38-30-32-47-45(33-38)41-21-10-11-25-46(41)61(47)48-26-12-23-43-52-44(24-13-27-49(52)62-54(43)48)57-59-55(37-19-8-3-9-20-37)58-56(60-57)39-29-31-42-51(34-39)63-50-28-14-22-40(53(42)50)36-17-6-2-7-18-36/h1-34H. The molecule has 0 spiro atoms. The number of furan rings is 1. The number of benzene rings is 9. The van der Waals surface area contributed by atoms with Crippen molar-refractivity contribution in [2.75, 3.05) is 0 Å². The Labute approximate surface area is 365 Å². The molecule has 6 heteroatoms. The van der Waals surface area contributed by atoms with Gasteiger partial charge in [-0.25, -0.2) is 15.0 Å². The molecule has 4 heterocycles. The molecule has 0 aliphatic heterocycles. The lowest BCUT2D eigenvalue weighted by Gasteiger charge is -2.10. The van der Waals surface area contributed by atoms with Crippen LogP contribution in [0.3, 0.4) is 0 Å². The first-order chi connectivity index (χ1) is 31.2. The molecule has 0 N–H and O–H groups in total. The van der Waals surface area contributed by atoms with E-state index >= 15 is 0 Å². The number of aromatic nitrogens is 4. The highest BCUT2D eigenvalue weighted by Crippen LogP contribution is 2.44. The Morgan fingerprint density at radius 1 is 0.365 bits per heavy atom. The molecule has 13 aromatic rings. The lowest BCUT2D eigenvalue weighted by atomic mass is 9.99. The van der Waals surface area contributed by atoms with E-state index in [4.69, 9.17) is 19.4 Å². The van der Waals surface area contributed by atoms with Crippen LogP contribution in [-0.4, -0.2) is 19.5 Å². The first kappa shape index (κ1) is 35.6. The van der Waals surface area contributed by atoms with Gasteiger partial charge in [-0.05, 0) is 64.7 Å². The van der Waals surface area contributed by atoms with Gasteiger partial charge in [0.25, 0.3) is 0 Å². The third-order valence-corrected chi connectivity index (χ3v) is 13.4. The number of para-hydroxylation sites is 2. The average Bonchev–Trinajstić information content (AvgIpc) is 4.04.